The first-order valence-corrected chi connectivity index (χ1v) is 7.93. The molecule has 2 N–H and O–H groups in total. The maximum absolute atomic E-state index is 12.5. The molecule has 0 saturated heterocycles. The van der Waals surface area contributed by atoms with Gasteiger partial charge in [0.1, 0.15) is 11.6 Å². The number of nitrogens with zero attached hydrogens (tertiary/aromatic N) is 2. The highest BCUT2D eigenvalue weighted by molar-refractivity contribution is 5.99. The lowest BCUT2D eigenvalue weighted by Gasteiger charge is -2.18. The van der Waals surface area contributed by atoms with Crippen molar-refractivity contribution >= 4 is 23.4 Å². The van der Waals surface area contributed by atoms with Crippen LogP contribution in [0.5, 0.6) is 5.75 Å². The van der Waals surface area contributed by atoms with Gasteiger partial charge in [-0.15, -0.1) is 0 Å². The molecule has 7 heteroatoms. The number of carbonyl (C=O) groups excluding carboxylic acids is 1. The van der Waals surface area contributed by atoms with E-state index < -0.39 is 5.97 Å². The summed E-state index contributed by atoms with van der Waals surface area (Å²) in [6.45, 7) is 2.64. The van der Waals surface area contributed by atoms with E-state index in [1.165, 1.54) is 4.90 Å². The van der Waals surface area contributed by atoms with Crippen molar-refractivity contribution in [3.63, 3.8) is 0 Å². The van der Waals surface area contributed by atoms with Crippen LogP contribution in [0.1, 0.15) is 23.7 Å². The van der Waals surface area contributed by atoms with Crippen molar-refractivity contribution in [3.05, 3.63) is 48.2 Å². The van der Waals surface area contributed by atoms with Gasteiger partial charge in [0.15, 0.2) is 0 Å². The third-order valence-corrected chi connectivity index (χ3v) is 3.47. The van der Waals surface area contributed by atoms with E-state index >= 15 is 0 Å². The predicted octanol–water partition coefficient (Wildman–Crippen LogP) is 2.77. The van der Waals surface area contributed by atoms with Crippen LogP contribution in [0, 0.1) is 0 Å². The highest BCUT2D eigenvalue weighted by atomic mass is 16.5. The van der Waals surface area contributed by atoms with Gasteiger partial charge in [0.05, 0.1) is 18.6 Å². The summed E-state index contributed by atoms with van der Waals surface area (Å²) < 4.78 is 5.40. The van der Waals surface area contributed by atoms with E-state index in [1.807, 2.05) is 31.2 Å². The van der Waals surface area contributed by atoms with E-state index in [9.17, 15) is 9.59 Å². The van der Waals surface area contributed by atoms with E-state index in [0.29, 0.717) is 18.0 Å². The number of aliphatic carboxylic acids is 1. The summed E-state index contributed by atoms with van der Waals surface area (Å²) in [5, 5.41) is 11.9. The topological polar surface area (TPSA) is 91.8 Å². The lowest BCUT2D eigenvalue weighted by Crippen LogP contribution is -2.29. The van der Waals surface area contributed by atoms with Gasteiger partial charge in [0.2, 0.25) is 0 Å². The van der Waals surface area contributed by atoms with Gasteiger partial charge >= 0.3 is 5.97 Å². The lowest BCUT2D eigenvalue weighted by molar-refractivity contribution is -0.137. The van der Waals surface area contributed by atoms with Crippen LogP contribution in [0.15, 0.2) is 42.6 Å². The minimum Gasteiger partial charge on any atom is -0.494 e. The number of pyridine rings is 1. The first kappa shape index (κ1) is 18.3. The number of hydrogen-bond donors (Lipinski definition) is 2. The summed E-state index contributed by atoms with van der Waals surface area (Å²) in [5.74, 6) is -0.0565. The van der Waals surface area contributed by atoms with Gasteiger partial charge in [-0.3, -0.25) is 9.59 Å². The van der Waals surface area contributed by atoms with Crippen LogP contribution in [0.25, 0.3) is 0 Å². The highest BCUT2D eigenvalue weighted by Gasteiger charge is 2.17. The van der Waals surface area contributed by atoms with Crippen molar-refractivity contribution in [1.29, 1.82) is 0 Å². The molecule has 2 rings (SSSR count). The number of anilines is 2. The smallest absolute Gasteiger partial charge is 0.305 e. The summed E-state index contributed by atoms with van der Waals surface area (Å²) in [5.41, 5.74) is 1.15. The summed E-state index contributed by atoms with van der Waals surface area (Å²) in [6, 6.07) is 10.7. The van der Waals surface area contributed by atoms with E-state index in [0.717, 1.165) is 11.4 Å². The molecule has 0 atom stereocenters. The molecule has 7 nitrogen and oxygen atoms in total. The Balaban J connectivity index is 2.14. The Morgan fingerprint density at radius 2 is 1.96 bits per heavy atom. The van der Waals surface area contributed by atoms with Gasteiger partial charge in [-0.2, -0.15) is 0 Å². The SMILES string of the molecule is CCOc1ccc(Nc2ncccc2C(=O)N(C)CCC(=O)O)cc1. The van der Waals surface area contributed by atoms with Crippen molar-refractivity contribution in [3.8, 4) is 5.75 Å². The quantitative estimate of drug-likeness (QED) is 0.766. The molecule has 1 aromatic heterocycles. The van der Waals surface area contributed by atoms with Crippen LogP contribution >= 0.6 is 0 Å². The molecule has 0 bridgehead atoms. The molecule has 2 aromatic rings. The van der Waals surface area contributed by atoms with Crippen molar-refractivity contribution in [2.75, 3.05) is 25.5 Å². The predicted molar refractivity (Wildman–Crippen MR) is 94.3 cm³/mol. The number of carbonyl (C=O) groups is 2. The van der Waals surface area contributed by atoms with Crippen LogP contribution in [0.4, 0.5) is 11.5 Å². The van der Waals surface area contributed by atoms with Gasteiger partial charge in [-0.1, -0.05) is 0 Å². The van der Waals surface area contributed by atoms with Crippen molar-refractivity contribution < 1.29 is 19.4 Å². The molecule has 0 saturated carbocycles. The minimum absolute atomic E-state index is 0.107. The summed E-state index contributed by atoms with van der Waals surface area (Å²) in [6.07, 6.45) is 1.48. The molecule has 0 aliphatic carbocycles. The molecule has 0 aliphatic heterocycles. The van der Waals surface area contributed by atoms with Crippen molar-refractivity contribution in [2.24, 2.45) is 0 Å². The Hall–Kier alpha value is -3.09. The van der Waals surface area contributed by atoms with E-state index in [2.05, 4.69) is 10.3 Å². The number of benzene rings is 1. The fourth-order valence-corrected chi connectivity index (χ4v) is 2.19. The number of aromatic nitrogens is 1. The highest BCUT2D eigenvalue weighted by Crippen LogP contribution is 2.22. The summed E-state index contributed by atoms with van der Waals surface area (Å²) in [4.78, 5) is 28.8. The zero-order valence-corrected chi connectivity index (χ0v) is 14.2. The molecule has 0 aliphatic rings. The zero-order chi connectivity index (χ0) is 18.2. The molecule has 0 fully saturated rings. The number of ether oxygens (including phenoxy) is 1. The van der Waals surface area contributed by atoms with Gasteiger partial charge in [-0.25, -0.2) is 4.98 Å². The van der Waals surface area contributed by atoms with Gasteiger partial charge in [0.25, 0.3) is 5.91 Å². The van der Waals surface area contributed by atoms with Crippen LogP contribution < -0.4 is 10.1 Å². The Labute approximate surface area is 146 Å². The Morgan fingerprint density at radius 3 is 2.60 bits per heavy atom. The van der Waals surface area contributed by atoms with E-state index in [1.54, 1.807) is 25.4 Å². The fourth-order valence-electron chi connectivity index (χ4n) is 2.19. The second-order valence-electron chi connectivity index (χ2n) is 5.35. The minimum atomic E-state index is -0.946. The molecule has 1 aromatic carbocycles. The number of amides is 1. The molecular weight excluding hydrogens is 322 g/mol. The maximum Gasteiger partial charge on any atom is 0.305 e. The summed E-state index contributed by atoms with van der Waals surface area (Å²) >= 11 is 0. The normalized spacial score (nSPS) is 10.2. The Bertz CT molecular complexity index is 731. The third kappa shape index (κ3) is 5.20. The first-order chi connectivity index (χ1) is 12.0. The van der Waals surface area contributed by atoms with Gasteiger partial charge in [0, 0.05) is 25.5 Å². The van der Waals surface area contributed by atoms with E-state index in [4.69, 9.17) is 9.84 Å². The molecule has 1 amide bonds. The Morgan fingerprint density at radius 1 is 1.24 bits per heavy atom. The number of hydrogen-bond acceptors (Lipinski definition) is 5. The second-order valence-corrected chi connectivity index (χ2v) is 5.35. The molecule has 1 heterocycles. The largest absolute Gasteiger partial charge is 0.494 e. The Kier molecular flexibility index (Phi) is 6.33. The van der Waals surface area contributed by atoms with Gasteiger partial charge < -0.3 is 20.1 Å². The second kappa shape index (κ2) is 8.68. The number of nitrogens with one attached hydrogen (secondary N) is 1. The molecule has 0 unspecified atom stereocenters. The zero-order valence-electron chi connectivity index (χ0n) is 14.2. The molecule has 0 radical (unpaired) electrons. The average Bonchev–Trinajstić information content (AvgIpc) is 2.61. The monoisotopic (exact) mass is 343 g/mol. The molecule has 25 heavy (non-hydrogen) atoms. The van der Waals surface area contributed by atoms with Crippen molar-refractivity contribution in [2.45, 2.75) is 13.3 Å². The van der Waals surface area contributed by atoms with E-state index in [-0.39, 0.29) is 18.9 Å². The van der Waals surface area contributed by atoms with Crippen LogP contribution in [-0.2, 0) is 4.79 Å². The first-order valence-electron chi connectivity index (χ1n) is 7.93. The maximum atomic E-state index is 12.5. The number of carboxylic acid groups (broad SMARTS) is 1. The molecular formula is C18H21N3O4. The lowest BCUT2D eigenvalue weighted by atomic mass is 10.2. The van der Waals surface area contributed by atoms with Crippen LogP contribution in [-0.4, -0.2) is 47.1 Å². The molecule has 0 spiro atoms. The standard InChI is InChI=1S/C18H21N3O4/c1-3-25-14-8-6-13(7-9-14)20-17-15(5-4-11-19-17)18(24)21(2)12-10-16(22)23/h4-9,11H,3,10,12H2,1-2H3,(H,19,20)(H,22,23). The number of carboxylic acids is 1. The third-order valence-electron chi connectivity index (χ3n) is 3.47. The van der Waals surface area contributed by atoms with Gasteiger partial charge in [-0.05, 0) is 43.3 Å². The van der Waals surface area contributed by atoms with Crippen LogP contribution in [0.2, 0.25) is 0 Å². The van der Waals surface area contributed by atoms with Crippen LogP contribution in [0.3, 0.4) is 0 Å². The molecule has 132 valence electrons. The summed E-state index contributed by atoms with van der Waals surface area (Å²) in [7, 11) is 1.57. The fraction of sp³-hybridized carbons (Fsp3) is 0.278. The average molecular weight is 343 g/mol. The van der Waals surface area contributed by atoms with Crippen molar-refractivity contribution in [1.82, 2.24) is 9.88 Å². The number of rotatable bonds is 8.